The predicted octanol–water partition coefficient (Wildman–Crippen LogP) is 3.06. The minimum absolute atomic E-state index is 0.190. The van der Waals surface area contributed by atoms with Crippen LogP contribution in [0.15, 0.2) is 42.5 Å². The van der Waals surface area contributed by atoms with Gasteiger partial charge < -0.3 is 15.2 Å². The van der Waals surface area contributed by atoms with Crippen molar-refractivity contribution in [1.29, 1.82) is 0 Å². The van der Waals surface area contributed by atoms with Gasteiger partial charge in [-0.2, -0.15) is 0 Å². The maximum Gasteiger partial charge on any atom is 0.122 e. The summed E-state index contributed by atoms with van der Waals surface area (Å²) in [5.74, 6) is 1.49. The van der Waals surface area contributed by atoms with Gasteiger partial charge in [0.05, 0.1) is 20.3 Å². The van der Waals surface area contributed by atoms with Gasteiger partial charge in [0.1, 0.15) is 11.5 Å². The van der Waals surface area contributed by atoms with Gasteiger partial charge in [-0.1, -0.05) is 29.8 Å². The highest BCUT2D eigenvalue weighted by Gasteiger charge is 2.11. The van der Waals surface area contributed by atoms with Crippen molar-refractivity contribution in [2.45, 2.75) is 13.0 Å². The Bertz CT molecular complexity index is 527. The van der Waals surface area contributed by atoms with Crippen LogP contribution in [0.2, 0.25) is 0 Å². The zero-order valence-corrected chi connectivity index (χ0v) is 11.5. The Morgan fingerprint density at radius 3 is 1.84 bits per heavy atom. The number of hydrogen-bond donors (Lipinski definition) is 1. The van der Waals surface area contributed by atoms with Gasteiger partial charge in [0.15, 0.2) is 0 Å². The van der Waals surface area contributed by atoms with Crippen LogP contribution in [-0.2, 0) is 0 Å². The molecule has 0 saturated carbocycles. The van der Waals surface area contributed by atoms with E-state index >= 15 is 0 Å². The van der Waals surface area contributed by atoms with Crippen LogP contribution >= 0.6 is 0 Å². The highest BCUT2D eigenvalue weighted by Crippen LogP contribution is 2.28. The molecule has 2 aromatic rings. The van der Waals surface area contributed by atoms with E-state index in [1.54, 1.807) is 14.2 Å². The van der Waals surface area contributed by atoms with Crippen LogP contribution in [0.4, 0.5) is 0 Å². The summed E-state index contributed by atoms with van der Waals surface area (Å²) in [6.45, 7) is 2.06. The standard InChI is InChI=1S/C16H19NO2/c1-11-4-6-12(7-5-11)16(17)13-8-14(18-2)10-15(9-13)19-3/h4-10,16H,17H2,1-3H3. The molecule has 2 aromatic carbocycles. The summed E-state index contributed by atoms with van der Waals surface area (Å²) in [6, 6.07) is 13.7. The molecule has 0 heterocycles. The van der Waals surface area contributed by atoms with Crippen molar-refractivity contribution in [3.63, 3.8) is 0 Å². The first-order valence-corrected chi connectivity index (χ1v) is 6.19. The molecular formula is C16H19NO2. The smallest absolute Gasteiger partial charge is 0.122 e. The van der Waals surface area contributed by atoms with Crippen molar-refractivity contribution < 1.29 is 9.47 Å². The quantitative estimate of drug-likeness (QED) is 0.915. The fourth-order valence-corrected chi connectivity index (χ4v) is 1.98. The van der Waals surface area contributed by atoms with Crippen molar-refractivity contribution in [1.82, 2.24) is 0 Å². The molecule has 19 heavy (non-hydrogen) atoms. The molecule has 0 saturated heterocycles. The molecular weight excluding hydrogens is 238 g/mol. The van der Waals surface area contributed by atoms with E-state index in [1.807, 2.05) is 30.3 Å². The Hall–Kier alpha value is -2.00. The molecule has 0 radical (unpaired) electrons. The Balaban J connectivity index is 2.37. The first-order valence-electron chi connectivity index (χ1n) is 6.19. The second-order valence-corrected chi connectivity index (χ2v) is 4.53. The second-order valence-electron chi connectivity index (χ2n) is 4.53. The van der Waals surface area contributed by atoms with E-state index in [4.69, 9.17) is 15.2 Å². The number of nitrogens with two attached hydrogens (primary N) is 1. The first-order chi connectivity index (χ1) is 9.13. The van der Waals surface area contributed by atoms with Gasteiger partial charge in [0, 0.05) is 6.07 Å². The molecule has 1 unspecified atom stereocenters. The van der Waals surface area contributed by atoms with Crippen molar-refractivity contribution in [2.75, 3.05) is 14.2 Å². The third-order valence-electron chi connectivity index (χ3n) is 3.17. The molecule has 0 fully saturated rings. The lowest BCUT2D eigenvalue weighted by molar-refractivity contribution is 0.393. The van der Waals surface area contributed by atoms with Gasteiger partial charge in [-0.3, -0.25) is 0 Å². The fraction of sp³-hybridized carbons (Fsp3) is 0.250. The lowest BCUT2D eigenvalue weighted by Crippen LogP contribution is -2.12. The minimum Gasteiger partial charge on any atom is -0.497 e. The molecule has 2 N–H and O–H groups in total. The van der Waals surface area contributed by atoms with Gasteiger partial charge in [-0.25, -0.2) is 0 Å². The monoisotopic (exact) mass is 257 g/mol. The second kappa shape index (κ2) is 5.76. The van der Waals surface area contributed by atoms with Crippen LogP contribution in [0, 0.1) is 6.92 Å². The fourth-order valence-electron chi connectivity index (χ4n) is 1.98. The minimum atomic E-state index is -0.190. The number of aryl methyl sites for hydroxylation is 1. The van der Waals surface area contributed by atoms with Crippen LogP contribution in [0.3, 0.4) is 0 Å². The van der Waals surface area contributed by atoms with Crippen LogP contribution in [0.5, 0.6) is 11.5 Å². The average molecular weight is 257 g/mol. The Morgan fingerprint density at radius 1 is 0.842 bits per heavy atom. The van der Waals surface area contributed by atoms with Gasteiger partial charge in [0.25, 0.3) is 0 Å². The summed E-state index contributed by atoms with van der Waals surface area (Å²) in [5.41, 5.74) is 9.57. The molecule has 0 aliphatic carbocycles. The Labute approximate surface area is 114 Å². The highest BCUT2D eigenvalue weighted by atomic mass is 16.5. The third-order valence-corrected chi connectivity index (χ3v) is 3.17. The number of rotatable bonds is 4. The van der Waals surface area contributed by atoms with Crippen LogP contribution in [-0.4, -0.2) is 14.2 Å². The Morgan fingerprint density at radius 2 is 1.37 bits per heavy atom. The Kier molecular flexibility index (Phi) is 4.07. The maximum absolute atomic E-state index is 6.30. The van der Waals surface area contributed by atoms with E-state index in [0.29, 0.717) is 0 Å². The summed E-state index contributed by atoms with van der Waals surface area (Å²) < 4.78 is 10.5. The molecule has 0 spiro atoms. The lowest BCUT2D eigenvalue weighted by Gasteiger charge is -2.15. The third kappa shape index (κ3) is 3.06. The van der Waals surface area contributed by atoms with E-state index in [9.17, 15) is 0 Å². The van der Waals surface area contributed by atoms with E-state index in [-0.39, 0.29) is 6.04 Å². The number of hydrogen-bond acceptors (Lipinski definition) is 3. The summed E-state index contributed by atoms with van der Waals surface area (Å²) in [5, 5.41) is 0. The van der Waals surface area contributed by atoms with E-state index in [2.05, 4.69) is 19.1 Å². The van der Waals surface area contributed by atoms with E-state index in [1.165, 1.54) is 5.56 Å². The van der Waals surface area contributed by atoms with Gasteiger partial charge >= 0.3 is 0 Å². The molecule has 0 aliphatic rings. The zero-order valence-electron chi connectivity index (χ0n) is 11.5. The lowest BCUT2D eigenvalue weighted by atomic mass is 9.98. The predicted molar refractivity (Wildman–Crippen MR) is 76.8 cm³/mol. The summed E-state index contributed by atoms with van der Waals surface area (Å²) in [6.07, 6.45) is 0. The van der Waals surface area contributed by atoms with E-state index in [0.717, 1.165) is 22.6 Å². The normalized spacial score (nSPS) is 12.0. The van der Waals surface area contributed by atoms with Crippen molar-refractivity contribution in [3.8, 4) is 11.5 Å². The largest absolute Gasteiger partial charge is 0.497 e. The van der Waals surface area contributed by atoms with Crippen LogP contribution in [0.1, 0.15) is 22.7 Å². The molecule has 100 valence electrons. The topological polar surface area (TPSA) is 44.5 Å². The van der Waals surface area contributed by atoms with Gasteiger partial charge in [0.2, 0.25) is 0 Å². The first kappa shape index (κ1) is 13.4. The SMILES string of the molecule is COc1cc(OC)cc(C(N)c2ccc(C)cc2)c1. The van der Waals surface area contributed by atoms with Crippen LogP contribution < -0.4 is 15.2 Å². The molecule has 0 bridgehead atoms. The summed E-state index contributed by atoms with van der Waals surface area (Å²) >= 11 is 0. The zero-order chi connectivity index (χ0) is 13.8. The summed E-state index contributed by atoms with van der Waals surface area (Å²) in [7, 11) is 3.27. The summed E-state index contributed by atoms with van der Waals surface area (Å²) in [4.78, 5) is 0. The van der Waals surface area contributed by atoms with Crippen molar-refractivity contribution in [3.05, 3.63) is 59.2 Å². The van der Waals surface area contributed by atoms with Crippen LogP contribution in [0.25, 0.3) is 0 Å². The van der Waals surface area contributed by atoms with Gasteiger partial charge in [-0.15, -0.1) is 0 Å². The molecule has 0 amide bonds. The van der Waals surface area contributed by atoms with Gasteiger partial charge in [-0.05, 0) is 30.2 Å². The molecule has 3 nitrogen and oxygen atoms in total. The van der Waals surface area contributed by atoms with Crippen molar-refractivity contribution in [2.24, 2.45) is 5.73 Å². The number of ether oxygens (including phenoxy) is 2. The molecule has 0 aromatic heterocycles. The number of benzene rings is 2. The van der Waals surface area contributed by atoms with E-state index < -0.39 is 0 Å². The van der Waals surface area contributed by atoms with Crippen molar-refractivity contribution >= 4 is 0 Å². The maximum atomic E-state index is 6.30. The molecule has 2 rings (SSSR count). The highest BCUT2D eigenvalue weighted by molar-refractivity contribution is 5.43. The molecule has 3 heteroatoms. The number of methoxy groups -OCH3 is 2. The molecule has 1 atom stereocenters. The molecule has 0 aliphatic heterocycles. The average Bonchev–Trinajstić information content (AvgIpc) is 2.46.